The SMILES string of the molecule is COC(=O)c1sc2nc(C)nc(N3CCC(N4CCCC4C)CC3)c2c1C. The van der Waals surface area contributed by atoms with Crippen LogP contribution in [0.2, 0.25) is 0 Å². The number of aromatic nitrogens is 2. The lowest BCUT2D eigenvalue weighted by atomic mass is 10.0. The van der Waals surface area contributed by atoms with E-state index in [-0.39, 0.29) is 5.97 Å². The van der Waals surface area contributed by atoms with Gasteiger partial charge in [0.1, 0.15) is 21.3 Å². The van der Waals surface area contributed by atoms with Gasteiger partial charge in [0.15, 0.2) is 0 Å². The van der Waals surface area contributed by atoms with Gasteiger partial charge in [-0.1, -0.05) is 0 Å². The predicted molar refractivity (Wildman–Crippen MR) is 109 cm³/mol. The molecule has 2 aliphatic rings. The van der Waals surface area contributed by atoms with E-state index in [2.05, 4.69) is 21.7 Å². The Kier molecular flexibility index (Phi) is 5.07. The van der Waals surface area contributed by atoms with Crippen molar-refractivity contribution in [2.24, 2.45) is 0 Å². The van der Waals surface area contributed by atoms with E-state index >= 15 is 0 Å². The summed E-state index contributed by atoms with van der Waals surface area (Å²) < 4.78 is 4.95. The van der Waals surface area contributed by atoms with Gasteiger partial charge in [0.05, 0.1) is 12.5 Å². The number of methoxy groups -OCH3 is 1. The molecule has 0 N–H and O–H groups in total. The second-order valence-corrected chi connectivity index (χ2v) is 8.77. The van der Waals surface area contributed by atoms with Gasteiger partial charge in [0.25, 0.3) is 0 Å². The van der Waals surface area contributed by atoms with Crippen molar-refractivity contribution in [1.29, 1.82) is 0 Å². The molecule has 27 heavy (non-hydrogen) atoms. The predicted octanol–water partition coefficient (Wildman–Crippen LogP) is 3.55. The summed E-state index contributed by atoms with van der Waals surface area (Å²) >= 11 is 1.41. The molecule has 0 aliphatic carbocycles. The lowest BCUT2D eigenvalue weighted by molar-refractivity contribution is 0.0605. The molecular formula is C20H28N4O2S. The van der Waals surface area contributed by atoms with Crippen LogP contribution in [0.3, 0.4) is 0 Å². The zero-order valence-electron chi connectivity index (χ0n) is 16.6. The van der Waals surface area contributed by atoms with Crippen molar-refractivity contribution in [2.45, 2.75) is 58.5 Å². The molecule has 0 saturated carbocycles. The van der Waals surface area contributed by atoms with Gasteiger partial charge in [-0.25, -0.2) is 14.8 Å². The van der Waals surface area contributed by atoms with Crippen LogP contribution in [-0.2, 0) is 4.74 Å². The number of esters is 1. The molecule has 4 heterocycles. The molecule has 0 aromatic carbocycles. The van der Waals surface area contributed by atoms with Gasteiger partial charge >= 0.3 is 5.97 Å². The van der Waals surface area contributed by atoms with Crippen LogP contribution >= 0.6 is 11.3 Å². The lowest BCUT2D eigenvalue weighted by Crippen LogP contribution is -2.46. The Morgan fingerprint density at radius 3 is 2.52 bits per heavy atom. The van der Waals surface area contributed by atoms with E-state index in [9.17, 15) is 4.79 Å². The van der Waals surface area contributed by atoms with Crippen LogP contribution in [-0.4, -0.2) is 59.7 Å². The standard InChI is InChI=1S/C20H28N4O2S/c1-12-6-5-9-24(12)15-7-10-23(11-8-15)18-16-13(2)17(20(25)26-4)27-19(16)22-14(3)21-18/h12,15H,5-11H2,1-4H3. The molecule has 0 spiro atoms. The molecule has 6 nitrogen and oxygen atoms in total. The third-order valence-electron chi connectivity index (χ3n) is 6.09. The lowest BCUT2D eigenvalue weighted by Gasteiger charge is -2.39. The van der Waals surface area contributed by atoms with Crippen molar-refractivity contribution < 1.29 is 9.53 Å². The van der Waals surface area contributed by atoms with Crippen molar-refractivity contribution >= 4 is 33.3 Å². The number of carbonyl (C=O) groups is 1. The molecule has 0 radical (unpaired) electrons. The number of likely N-dealkylation sites (tertiary alicyclic amines) is 1. The largest absolute Gasteiger partial charge is 0.465 e. The molecule has 2 fully saturated rings. The Labute approximate surface area is 164 Å². The minimum atomic E-state index is -0.291. The number of hydrogen-bond donors (Lipinski definition) is 0. The molecule has 1 atom stereocenters. The monoisotopic (exact) mass is 388 g/mol. The normalized spacial score (nSPS) is 21.9. The van der Waals surface area contributed by atoms with E-state index in [0.717, 1.165) is 46.6 Å². The van der Waals surface area contributed by atoms with Crippen molar-refractivity contribution in [3.63, 3.8) is 0 Å². The van der Waals surface area contributed by atoms with E-state index in [4.69, 9.17) is 9.72 Å². The fourth-order valence-corrected chi connectivity index (χ4v) is 5.78. The minimum absolute atomic E-state index is 0.291. The Hall–Kier alpha value is -1.73. The quantitative estimate of drug-likeness (QED) is 0.750. The summed E-state index contributed by atoms with van der Waals surface area (Å²) in [5, 5.41) is 1.01. The number of fused-ring (bicyclic) bond motifs is 1. The number of rotatable bonds is 3. The van der Waals surface area contributed by atoms with Crippen molar-refractivity contribution in [3.8, 4) is 0 Å². The highest BCUT2D eigenvalue weighted by molar-refractivity contribution is 7.20. The van der Waals surface area contributed by atoms with Gasteiger partial charge in [-0.05, 0) is 58.6 Å². The van der Waals surface area contributed by atoms with Crippen molar-refractivity contribution in [2.75, 3.05) is 31.6 Å². The summed E-state index contributed by atoms with van der Waals surface area (Å²) in [5.74, 6) is 1.45. The average Bonchev–Trinajstić information content (AvgIpc) is 3.24. The zero-order chi connectivity index (χ0) is 19.1. The number of piperidine rings is 1. The van der Waals surface area contributed by atoms with E-state index in [1.165, 1.54) is 50.7 Å². The summed E-state index contributed by atoms with van der Waals surface area (Å²) in [6, 6.07) is 1.41. The van der Waals surface area contributed by atoms with E-state index in [1.807, 2.05) is 13.8 Å². The first-order valence-corrected chi connectivity index (χ1v) is 10.7. The van der Waals surface area contributed by atoms with E-state index in [0.29, 0.717) is 10.9 Å². The molecule has 0 bridgehead atoms. The van der Waals surface area contributed by atoms with Gasteiger partial charge in [0.2, 0.25) is 0 Å². The van der Waals surface area contributed by atoms with Crippen LogP contribution < -0.4 is 4.90 Å². The minimum Gasteiger partial charge on any atom is -0.465 e. The average molecular weight is 389 g/mol. The number of thiophene rings is 1. The summed E-state index contributed by atoms with van der Waals surface area (Å²) in [7, 11) is 1.42. The molecule has 2 aromatic rings. The van der Waals surface area contributed by atoms with Gasteiger partial charge in [-0.3, -0.25) is 4.90 Å². The van der Waals surface area contributed by atoms with Crippen LogP contribution in [0.1, 0.15) is 53.7 Å². The summed E-state index contributed by atoms with van der Waals surface area (Å²) in [6.45, 7) is 9.51. The summed E-state index contributed by atoms with van der Waals surface area (Å²) in [5.41, 5.74) is 0.937. The molecule has 1 unspecified atom stereocenters. The van der Waals surface area contributed by atoms with Crippen LogP contribution in [0.5, 0.6) is 0 Å². The first-order valence-electron chi connectivity index (χ1n) is 9.86. The van der Waals surface area contributed by atoms with Crippen LogP contribution in [0.25, 0.3) is 10.2 Å². The number of ether oxygens (including phenoxy) is 1. The molecule has 0 amide bonds. The molecule has 2 saturated heterocycles. The van der Waals surface area contributed by atoms with Gasteiger partial charge in [0, 0.05) is 25.2 Å². The Bertz CT molecular complexity index is 857. The highest BCUT2D eigenvalue weighted by atomic mass is 32.1. The second-order valence-electron chi connectivity index (χ2n) is 7.77. The van der Waals surface area contributed by atoms with Crippen LogP contribution in [0.15, 0.2) is 0 Å². The fourth-order valence-electron chi connectivity index (χ4n) is 4.64. The molecule has 146 valence electrons. The maximum atomic E-state index is 12.1. The molecule has 4 rings (SSSR count). The number of nitrogens with zero attached hydrogens (tertiary/aromatic N) is 4. The third kappa shape index (κ3) is 3.31. The number of hydrogen-bond acceptors (Lipinski definition) is 7. The fraction of sp³-hybridized carbons (Fsp3) is 0.650. The van der Waals surface area contributed by atoms with Gasteiger partial charge in [-0.15, -0.1) is 11.3 Å². The second kappa shape index (κ2) is 7.36. The third-order valence-corrected chi connectivity index (χ3v) is 7.26. The van der Waals surface area contributed by atoms with E-state index in [1.54, 1.807) is 0 Å². The topological polar surface area (TPSA) is 58.6 Å². The highest BCUT2D eigenvalue weighted by Gasteiger charge is 2.32. The summed E-state index contributed by atoms with van der Waals surface area (Å²) in [4.78, 5) is 28.1. The van der Waals surface area contributed by atoms with Crippen molar-refractivity contribution in [1.82, 2.24) is 14.9 Å². The Morgan fingerprint density at radius 2 is 1.89 bits per heavy atom. The molecule has 7 heteroatoms. The van der Waals surface area contributed by atoms with Crippen LogP contribution in [0, 0.1) is 13.8 Å². The number of anilines is 1. The Morgan fingerprint density at radius 1 is 1.15 bits per heavy atom. The van der Waals surface area contributed by atoms with Crippen molar-refractivity contribution in [3.05, 3.63) is 16.3 Å². The number of aryl methyl sites for hydroxylation is 2. The van der Waals surface area contributed by atoms with Gasteiger partial charge in [-0.2, -0.15) is 0 Å². The van der Waals surface area contributed by atoms with Crippen LogP contribution in [0.4, 0.5) is 5.82 Å². The summed E-state index contributed by atoms with van der Waals surface area (Å²) in [6.07, 6.45) is 5.00. The maximum Gasteiger partial charge on any atom is 0.348 e. The smallest absolute Gasteiger partial charge is 0.348 e. The first-order chi connectivity index (χ1) is 13.0. The first kappa shape index (κ1) is 18.6. The maximum absolute atomic E-state index is 12.1. The highest BCUT2D eigenvalue weighted by Crippen LogP contribution is 2.37. The zero-order valence-corrected chi connectivity index (χ0v) is 17.4. The molecule has 2 aliphatic heterocycles. The molecular weight excluding hydrogens is 360 g/mol. The molecule has 2 aromatic heterocycles. The number of carbonyl (C=O) groups excluding carboxylic acids is 1. The van der Waals surface area contributed by atoms with E-state index < -0.39 is 0 Å². The Balaban J connectivity index is 1.62. The van der Waals surface area contributed by atoms with Gasteiger partial charge < -0.3 is 9.64 Å².